The minimum atomic E-state index is -3.58. The van der Waals surface area contributed by atoms with Gasteiger partial charge in [0.05, 0.1) is 4.90 Å². The molecule has 1 fully saturated rings. The Morgan fingerprint density at radius 1 is 1.12 bits per heavy atom. The number of likely N-dealkylation sites (N-methyl/N-ethyl adjacent to an activating group) is 1. The summed E-state index contributed by atoms with van der Waals surface area (Å²) in [6, 6.07) is 6.29. The zero-order valence-corrected chi connectivity index (χ0v) is 17.1. The number of piperazine rings is 1. The average Bonchev–Trinajstić information content (AvgIpc) is 2.59. The number of rotatable bonds is 8. The molecule has 6 nitrogen and oxygen atoms in total. The van der Waals surface area contributed by atoms with Crippen LogP contribution in [0.25, 0.3) is 0 Å². The van der Waals surface area contributed by atoms with Crippen molar-refractivity contribution >= 4 is 15.8 Å². The van der Waals surface area contributed by atoms with Crippen LogP contribution >= 0.6 is 0 Å². The van der Waals surface area contributed by atoms with E-state index in [1.165, 1.54) is 19.1 Å². The molecule has 7 heteroatoms. The molecule has 0 aliphatic carbocycles. The lowest BCUT2D eigenvalue weighted by Gasteiger charge is -2.38. The van der Waals surface area contributed by atoms with E-state index < -0.39 is 10.0 Å². The molecule has 0 spiro atoms. The molecule has 0 bridgehead atoms. The van der Waals surface area contributed by atoms with E-state index in [9.17, 15) is 13.2 Å². The largest absolute Gasteiger partial charge is 0.304 e. The zero-order valence-electron chi connectivity index (χ0n) is 16.2. The molecule has 1 aromatic carbocycles. The SMILES string of the molecule is CC(=O)c1ccc(S(=O)(=O)NCC(CC(C)C)N2CCN(C)CC2)cc1. The molecule has 0 saturated carbocycles. The Balaban J connectivity index is 2.04. The van der Waals surface area contributed by atoms with Gasteiger partial charge in [0.1, 0.15) is 0 Å². The number of Topliss-reactive ketones (excluding diaryl/α,β-unsaturated/α-hetero) is 1. The van der Waals surface area contributed by atoms with Crippen molar-refractivity contribution in [1.29, 1.82) is 0 Å². The lowest BCUT2D eigenvalue weighted by molar-refractivity contribution is 0.101. The predicted molar refractivity (Wildman–Crippen MR) is 104 cm³/mol. The van der Waals surface area contributed by atoms with E-state index in [4.69, 9.17) is 0 Å². The molecule has 26 heavy (non-hydrogen) atoms. The highest BCUT2D eigenvalue weighted by atomic mass is 32.2. The number of hydrogen-bond acceptors (Lipinski definition) is 5. The lowest BCUT2D eigenvalue weighted by atomic mass is 10.0. The van der Waals surface area contributed by atoms with E-state index in [-0.39, 0.29) is 16.7 Å². The van der Waals surface area contributed by atoms with Gasteiger partial charge in [-0.25, -0.2) is 13.1 Å². The van der Waals surface area contributed by atoms with Gasteiger partial charge in [-0.05, 0) is 38.4 Å². The van der Waals surface area contributed by atoms with Crippen molar-refractivity contribution in [3.05, 3.63) is 29.8 Å². The summed E-state index contributed by atoms with van der Waals surface area (Å²) in [5.41, 5.74) is 0.513. The molecule has 2 rings (SSSR count). The number of benzene rings is 1. The summed E-state index contributed by atoms with van der Waals surface area (Å²) in [7, 11) is -1.47. The normalized spacial score (nSPS) is 18.2. The molecular weight excluding hydrogens is 350 g/mol. The van der Waals surface area contributed by atoms with Gasteiger partial charge in [-0.3, -0.25) is 9.69 Å². The number of nitrogens with one attached hydrogen (secondary N) is 1. The number of carbonyl (C=O) groups is 1. The van der Waals surface area contributed by atoms with Gasteiger partial charge in [-0.1, -0.05) is 26.0 Å². The fourth-order valence-electron chi connectivity index (χ4n) is 3.25. The third kappa shape index (κ3) is 5.87. The molecule has 1 aromatic rings. The van der Waals surface area contributed by atoms with Crippen LogP contribution in [0.1, 0.15) is 37.6 Å². The minimum absolute atomic E-state index is 0.0750. The second-order valence-corrected chi connectivity index (χ2v) is 9.32. The summed E-state index contributed by atoms with van der Waals surface area (Å²) in [6.07, 6.45) is 0.954. The molecule has 0 amide bonds. The Kier molecular flexibility index (Phi) is 7.34. The fraction of sp³-hybridized carbons (Fsp3) is 0.632. The van der Waals surface area contributed by atoms with E-state index in [0.29, 0.717) is 18.0 Å². The molecule has 1 aliphatic rings. The first kappa shape index (κ1) is 21.0. The highest BCUT2D eigenvalue weighted by Gasteiger charge is 2.25. The highest BCUT2D eigenvalue weighted by Crippen LogP contribution is 2.16. The Hall–Kier alpha value is -1.28. The summed E-state index contributed by atoms with van der Waals surface area (Å²) in [5, 5.41) is 0. The van der Waals surface area contributed by atoms with Crippen molar-refractivity contribution in [1.82, 2.24) is 14.5 Å². The standard InChI is InChI=1S/C19H31N3O3S/c1-15(2)13-18(22-11-9-21(4)10-12-22)14-20-26(24,25)19-7-5-17(6-8-19)16(3)23/h5-8,15,18,20H,9-14H2,1-4H3. The predicted octanol–water partition coefficient (Wildman–Crippen LogP) is 1.83. The van der Waals surface area contributed by atoms with E-state index in [0.717, 1.165) is 32.6 Å². The van der Waals surface area contributed by atoms with Crippen molar-refractivity contribution in [2.45, 2.75) is 38.1 Å². The fourth-order valence-corrected chi connectivity index (χ4v) is 4.32. The first-order valence-corrected chi connectivity index (χ1v) is 10.7. The number of sulfonamides is 1. The van der Waals surface area contributed by atoms with E-state index >= 15 is 0 Å². The Morgan fingerprint density at radius 2 is 1.69 bits per heavy atom. The van der Waals surface area contributed by atoms with E-state index in [1.54, 1.807) is 12.1 Å². The summed E-state index contributed by atoms with van der Waals surface area (Å²) in [4.78, 5) is 16.2. The van der Waals surface area contributed by atoms with E-state index in [2.05, 4.69) is 35.4 Å². The van der Waals surface area contributed by atoms with Gasteiger partial charge in [-0.15, -0.1) is 0 Å². The smallest absolute Gasteiger partial charge is 0.240 e. The first-order chi connectivity index (χ1) is 12.2. The average molecular weight is 382 g/mol. The summed E-state index contributed by atoms with van der Waals surface area (Å²) >= 11 is 0. The van der Waals surface area contributed by atoms with Crippen molar-refractivity contribution in [3.63, 3.8) is 0 Å². The van der Waals surface area contributed by atoms with Crippen LogP contribution in [0.3, 0.4) is 0 Å². The maximum atomic E-state index is 12.6. The minimum Gasteiger partial charge on any atom is -0.304 e. The third-order valence-corrected chi connectivity index (χ3v) is 6.32. The van der Waals surface area contributed by atoms with Crippen LogP contribution in [0.15, 0.2) is 29.2 Å². The molecule has 1 saturated heterocycles. The topological polar surface area (TPSA) is 69.7 Å². The van der Waals surface area contributed by atoms with E-state index in [1.807, 2.05) is 0 Å². The third-order valence-electron chi connectivity index (χ3n) is 4.88. The molecule has 1 aliphatic heterocycles. The molecule has 0 aromatic heterocycles. The summed E-state index contributed by atoms with van der Waals surface area (Å²) in [5.74, 6) is 0.424. The maximum absolute atomic E-state index is 12.6. The molecule has 1 N–H and O–H groups in total. The second-order valence-electron chi connectivity index (χ2n) is 7.56. The van der Waals surface area contributed by atoms with Crippen LogP contribution in [0, 0.1) is 5.92 Å². The molecule has 1 atom stereocenters. The van der Waals surface area contributed by atoms with Crippen molar-refractivity contribution in [3.8, 4) is 0 Å². The van der Waals surface area contributed by atoms with Crippen LogP contribution < -0.4 is 4.72 Å². The number of hydrogen-bond donors (Lipinski definition) is 1. The van der Waals surface area contributed by atoms with Crippen molar-refractivity contribution in [2.75, 3.05) is 39.8 Å². The quantitative estimate of drug-likeness (QED) is 0.696. The van der Waals surface area contributed by atoms with Gasteiger partial charge in [0.25, 0.3) is 0 Å². The summed E-state index contributed by atoms with van der Waals surface area (Å²) < 4.78 is 28.0. The molecule has 1 heterocycles. The van der Waals surface area contributed by atoms with Crippen molar-refractivity contribution in [2.24, 2.45) is 5.92 Å². The molecule has 1 unspecified atom stereocenters. The van der Waals surface area contributed by atoms with Gasteiger partial charge >= 0.3 is 0 Å². The van der Waals surface area contributed by atoms with Crippen LogP contribution in [0.4, 0.5) is 0 Å². The Bertz CT molecular complexity index is 693. The highest BCUT2D eigenvalue weighted by molar-refractivity contribution is 7.89. The summed E-state index contributed by atoms with van der Waals surface area (Å²) in [6.45, 7) is 10.1. The van der Waals surface area contributed by atoms with Gasteiger partial charge in [0.15, 0.2) is 5.78 Å². The van der Waals surface area contributed by atoms with Crippen LogP contribution in [-0.2, 0) is 10.0 Å². The lowest BCUT2D eigenvalue weighted by Crippen LogP contribution is -2.52. The Labute approximate surface area is 157 Å². The van der Waals surface area contributed by atoms with Crippen LogP contribution in [-0.4, -0.2) is 69.8 Å². The Morgan fingerprint density at radius 3 is 2.19 bits per heavy atom. The van der Waals surface area contributed by atoms with Gasteiger partial charge in [-0.2, -0.15) is 0 Å². The van der Waals surface area contributed by atoms with Gasteiger partial charge in [0, 0.05) is 44.3 Å². The molecule has 146 valence electrons. The maximum Gasteiger partial charge on any atom is 0.240 e. The van der Waals surface area contributed by atoms with Crippen molar-refractivity contribution < 1.29 is 13.2 Å². The number of carbonyl (C=O) groups excluding carboxylic acids is 1. The number of nitrogens with zero attached hydrogens (tertiary/aromatic N) is 2. The first-order valence-electron chi connectivity index (χ1n) is 9.22. The van der Waals surface area contributed by atoms with Crippen LogP contribution in [0.2, 0.25) is 0 Å². The zero-order chi connectivity index (χ0) is 19.3. The monoisotopic (exact) mass is 381 g/mol. The van der Waals surface area contributed by atoms with Gasteiger partial charge < -0.3 is 4.90 Å². The van der Waals surface area contributed by atoms with Crippen LogP contribution in [0.5, 0.6) is 0 Å². The molecule has 0 radical (unpaired) electrons. The second kappa shape index (κ2) is 9.08. The number of ketones is 1. The van der Waals surface area contributed by atoms with Gasteiger partial charge in [0.2, 0.25) is 10.0 Å². The molecular formula is C19H31N3O3S.